The maximum Gasteiger partial charge on any atom is 0.244 e. The Morgan fingerprint density at radius 3 is 2.21 bits per heavy atom. The molecule has 0 spiro atoms. The van der Waals surface area contributed by atoms with Crippen molar-refractivity contribution in [3.05, 3.63) is 54.9 Å². The maximum absolute atomic E-state index is 13.0. The van der Waals surface area contributed by atoms with Crippen molar-refractivity contribution in [1.82, 2.24) is 14.2 Å². The number of carbonyl (C=O) groups excluding carboxylic acids is 1. The number of hydrogen-bond donors (Lipinski definition) is 0. The highest BCUT2D eigenvalue weighted by molar-refractivity contribution is 7.89. The summed E-state index contributed by atoms with van der Waals surface area (Å²) in [5, 5.41) is 0. The number of sulfonamides is 1. The van der Waals surface area contributed by atoms with Crippen LogP contribution in [0, 0.1) is 5.92 Å². The number of aromatic nitrogens is 1. The van der Waals surface area contributed by atoms with Crippen molar-refractivity contribution in [3.63, 3.8) is 0 Å². The van der Waals surface area contributed by atoms with E-state index in [-0.39, 0.29) is 16.7 Å². The minimum absolute atomic E-state index is 0.0985. The molecular formula is C21H26N4O3S. The van der Waals surface area contributed by atoms with Gasteiger partial charge in [-0.3, -0.25) is 9.78 Å². The number of rotatable bonds is 4. The van der Waals surface area contributed by atoms with Crippen LogP contribution in [0.2, 0.25) is 0 Å². The van der Waals surface area contributed by atoms with Gasteiger partial charge in [0.15, 0.2) is 0 Å². The fourth-order valence-corrected chi connectivity index (χ4v) is 5.51. The van der Waals surface area contributed by atoms with Crippen LogP contribution in [-0.2, 0) is 14.8 Å². The Labute approximate surface area is 172 Å². The van der Waals surface area contributed by atoms with E-state index in [1.807, 2.05) is 23.1 Å². The molecule has 0 aliphatic carbocycles. The molecule has 0 unspecified atom stereocenters. The minimum atomic E-state index is -3.53. The number of para-hydroxylation sites is 1. The number of pyridine rings is 1. The Bertz CT molecular complexity index is 921. The molecule has 1 aromatic carbocycles. The molecule has 4 rings (SSSR count). The van der Waals surface area contributed by atoms with Gasteiger partial charge in [-0.1, -0.05) is 18.2 Å². The average molecular weight is 415 g/mol. The number of amides is 1. The topological polar surface area (TPSA) is 73.8 Å². The Morgan fingerprint density at radius 2 is 1.59 bits per heavy atom. The van der Waals surface area contributed by atoms with Crippen LogP contribution in [0.1, 0.15) is 12.8 Å². The third kappa shape index (κ3) is 4.28. The molecule has 0 saturated carbocycles. The first-order valence-corrected chi connectivity index (χ1v) is 11.5. The summed E-state index contributed by atoms with van der Waals surface area (Å²) in [6, 6.07) is 13.4. The molecule has 2 aliphatic rings. The van der Waals surface area contributed by atoms with Gasteiger partial charge in [0.2, 0.25) is 15.9 Å². The van der Waals surface area contributed by atoms with Crippen LogP contribution in [0.5, 0.6) is 0 Å². The number of piperazine rings is 1. The van der Waals surface area contributed by atoms with Gasteiger partial charge in [-0.25, -0.2) is 8.42 Å². The molecule has 7 nitrogen and oxygen atoms in total. The van der Waals surface area contributed by atoms with Crippen molar-refractivity contribution in [1.29, 1.82) is 0 Å². The molecule has 0 atom stereocenters. The maximum atomic E-state index is 13.0. The molecule has 2 aromatic rings. The molecule has 8 heteroatoms. The fourth-order valence-electron chi connectivity index (χ4n) is 4.07. The van der Waals surface area contributed by atoms with Gasteiger partial charge in [0.25, 0.3) is 0 Å². The molecule has 0 N–H and O–H groups in total. The third-order valence-corrected chi connectivity index (χ3v) is 7.67. The molecule has 29 heavy (non-hydrogen) atoms. The second-order valence-electron chi connectivity index (χ2n) is 7.51. The zero-order valence-electron chi connectivity index (χ0n) is 16.4. The first-order valence-electron chi connectivity index (χ1n) is 10.0. The van der Waals surface area contributed by atoms with Gasteiger partial charge < -0.3 is 9.80 Å². The van der Waals surface area contributed by atoms with Crippen LogP contribution >= 0.6 is 0 Å². The number of carbonyl (C=O) groups is 1. The van der Waals surface area contributed by atoms with Gasteiger partial charge in [0.1, 0.15) is 4.90 Å². The molecule has 154 valence electrons. The quantitative estimate of drug-likeness (QED) is 0.763. The van der Waals surface area contributed by atoms with E-state index in [9.17, 15) is 13.2 Å². The molecule has 1 amide bonds. The van der Waals surface area contributed by atoms with Gasteiger partial charge in [-0.15, -0.1) is 0 Å². The number of anilines is 1. The van der Waals surface area contributed by atoms with Crippen molar-refractivity contribution in [2.24, 2.45) is 5.92 Å². The lowest BCUT2D eigenvalue weighted by Gasteiger charge is -2.39. The van der Waals surface area contributed by atoms with E-state index < -0.39 is 10.0 Å². The van der Waals surface area contributed by atoms with E-state index in [1.165, 1.54) is 16.2 Å². The van der Waals surface area contributed by atoms with E-state index >= 15 is 0 Å². The lowest BCUT2D eigenvalue weighted by Crippen LogP contribution is -2.52. The SMILES string of the molecule is O=C(C1CCN(S(=O)(=O)c2cccnc2)CC1)N1CCN(c2ccccc2)CC1. The first kappa shape index (κ1) is 19.8. The molecule has 0 bridgehead atoms. The zero-order chi connectivity index (χ0) is 20.3. The highest BCUT2D eigenvalue weighted by Crippen LogP contribution is 2.25. The molecule has 2 fully saturated rings. The summed E-state index contributed by atoms with van der Waals surface area (Å²) in [6.07, 6.45) is 4.06. The Kier molecular flexibility index (Phi) is 5.82. The molecule has 2 saturated heterocycles. The standard InChI is InChI=1S/C21H26N4O3S/c26-21(24-15-13-23(14-16-24)19-5-2-1-3-6-19)18-8-11-25(12-9-18)29(27,28)20-7-4-10-22-17-20/h1-7,10,17-18H,8-9,11-16H2. The summed E-state index contributed by atoms with van der Waals surface area (Å²) in [5.41, 5.74) is 1.19. The summed E-state index contributed by atoms with van der Waals surface area (Å²) in [4.78, 5) is 21.3. The number of benzene rings is 1. The summed E-state index contributed by atoms with van der Waals surface area (Å²) < 4.78 is 26.9. The van der Waals surface area contributed by atoms with Crippen molar-refractivity contribution in [2.45, 2.75) is 17.7 Å². The Morgan fingerprint density at radius 1 is 0.897 bits per heavy atom. The van der Waals surface area contributed by atoms with Crippen molar-refractivity contribution in [3.8, 4) is 0 Å². The minimum Gasteiger partial charge on any atom is -0.368 e. The van der Waals surface area contributed by atoms with Gasteiger partial charge in [-0.2, -0.15) is 4.31 Å². The van der Waals surface area contributed by atoms with Crippen molar-refractivity contribution in [2.75, 3.05) is 44.2 Å². The van der Waals surface area contributed by atoms with E-state index in [0.29, 0.717) is 39.0 Å². The Hall–Kier alpha value is -2.45. The zero-order valence-corrected chi connectivity index (χ0v) is 17.2. The predicted molar refractivity (Wildman–Crippen MR) is 111 cm³/mol. The highest BCUT2D eigenvalue weighted by Gasteiger charge is 2.34. The number of nitrogens with zero attached hydrogens (tertiary/aromatic N) is 4. The van der Waals surface area contributed by atoms with Crippen molar-refractivity contribution >= 4 is 21.6 Å². The lowest BCUT2D eigenvalue weighted by atomic mass is 9.96. The van der Waals surface area contributed by atoms with Crippen LogP contribution in [0.3, 0.4) is 0 Å². The smallest absolute Gasteiger partial charge is 0.244 e. The fraction of sp³-hybridized carbons (Fsp3) is 0.429. The normalized spacial score (nSPS) is 19.3. The largest absolute Gasteiger partial charge is 0.368 e. The van der Waals surface area contributed by atoms with E-state index in [2.05, 4.69) is 22.0 Å². The average Bonchev–Trinajstić information content (AvgIpc) is 2.80. The molecule has 2 aliphatic heterocycles. The lowest BCUT2D eigenvalue weighted by molar-refractivity contribution is -0.137. The van der Waals surface area contributed by atoms with E-state index in [0.717, 1.165) is 13.1 Å². The van der Waals surface area contributed by atoms with E-state index in [4.69, 9.17) is 0 Å². The van der Waals surface area contributed by atoms with Crippen LogP contribution in [0.15, 0.2) is 59.8 Å². The molecule has 1 aromatic heterocycles. The summed E-state index contributed by atoms with van der Waals surface area (Å²) in [6.45, 7) is 3.81. The highest BCUT2D eigenvalue weighted by atomic mass is 32.2. The van der Waals surface area contributed by atoms with Crippen LogP contribution in [0.4, 0.5) is 5.69 Å². The molecule has 0 radical (unpaired) electrons. The first-order chi connectivity index (χ1) is 14.1. The van der Waals surface area contributed by atoms with Gasteiger partial charge in [0.05, 0.1) is 0 Å². The number of piperidine rings is 1. The predicted octanol–water partition coefficient (Wildman–Crippen LogP) is 1.83. The summed E-state index contributed by atoms with van der Waals surface area (Å²) >= 11 is 0. The molecule has 3 heterocycles. The molecular weight excluding hydrogens is 388 g/mol. The van der Waals surface area contributed by atoms with Gasteiger partial charge >= 0.3 is 0 Å². The van der Waals surface area contributed by atoms with Gasteiger partial charge in [0, 0.05) is 63.3 Å². The summed E-state index contributed by atoms with van der Waals surface area (Å²) in [5.74, 6) is 0.0646. The number of hydrogen-bond acceptors (Lipinski definition) is 5. The monoisotopic (exact) mass is 414 g/mol. The Balaban J connectivity index is 1.31. The van der Waals surface area contributed by atoms with Crippen LogP contribution in [-0.4, -0.2) is 67.8 Å². The van der Waals surface area contributed by atoms with Crippen LogP contribution < -0.4 is 4.90 Å². The van der Waals surface area contributed by atoms with E-state index in [1.54, 1.807) is 18.3 Å². The van der Waals surface area contributed by atoms with Crippen LogP contribution in [0.25, 0.3) is 0 Å². The second-order valence-corrected chi connectivity index (χ2v) is 9.45. The third-order valence-electron chi connectivity index (χ3n) is 5.79. The van der Waals surface area contributed by atoms with Gasteiger partial charge in [-0.05, 0) is 37.1 Å². The second kappa shape index (κ2) is 8.51. The summed E-state index contributed by atoms with van der Waals surface area (Å²) in [7, 11) is -3.53. The van der Waals surface area contributed by atoms with Crippen molar-refractivity contribution < 1.29 is 13.2 Å².